The topological polar surface area (TPSA) is 35.6 Å². The van der Waals surface area contributed by atoms with Crippen molar-refractivity contribution < 1.29 is 9.18 Å². The summed E-state index contributed by atoms with van der Waals surface area (Å²) in [5, 5.41) is 3.22. The summed E-state index contributed by atoms with van der Waals surface area (Å²) in [7, 11) is 3.73. The van der Waals surface area contributed by atoms with Gasteiger partial charge in [-0.05, 0) is 37.7 Å². The molecule has 0 spiro atoms. The molecule has 1 aromatic carbocycles. The maximum Gasteiger partial charge on any atom is 0.245 e. The number of piperazine rings is 1. The molecule has 0 radical (unpaired) electrons. The van der Waals surface area contributed by atoms with E-state index in [0.29, 0.717) is 12.1 Å². The van der Waals surface area contributed by atoms with Crippen LogP contribution in [-0.2, 0) is 4.79 Å². The van der Waals surface area contributed by atoms with Gasteiger partial charge in [-0.1, -0.05) is 0 Å². The Morgan fingerprint density at radius 2 is 2.26 bits per heavy atom. The number of likely N-dealkylation sites (N-methyl/N-ethyl adjacent to an activating group) is 2. The molecule has 104 valence electrons. The molecule has 1 saturated heterocycles. The fourth-order valence-corrected chi connectivity index (χ4v) is 2.26. The Kier molecular flexibility index (Phi) is 4.17. The van der Waals surface area contributed by atoms with Crippen LogP contribution < -0.4 is 10.2 Å². The van der Waals surface area contributed by atoms with E-state index in [4.69, 9.17) is 0 Å². The van der Waals surface area contributed by atoms with Crippen LogP contribution in [0.5, 0.6) is 0 Å². The minimum atomic E-state index is -0.250. The zero-order valence-electron chi connectivity index (χ0n) is 11.6. The van der Waals surface area contributed by atoms with Gasteiger partial charge in [-0.25, -0.2) is 4.39 Å². The summed E-state index contributed by atoms with van der Waals surface area (Å²) in [6.45, 7) is 4.15. The van der Waals surface area contributed by atoms with Crippen LogP contribution >= 0.6 is 0 Å². The number of aryl methyl sites for hydroxylation is 1. The number of hydrogen-bond donors (Lipinski definition) is 1. The molecule has 1 unspecified atom stereocenters. The fourth-order valence-electron chi connectivity index (χ4n) is 2.26. The van der Waals surface area contributed by atoms with E-state index >= 15 is 0 Å². The lowest BCUT2D eigenvalue weighted by atomic mass is 10.1. The molecule has 0 bridgehead atoms. The Balaban J connectivity index is 2.11. The second kappa shape index (κ2) is 5.67. The Morgan fingerprint density at radius 1 is 1.53 bits per heavy atom. The fraction of sp³-hybridized carbons (Fsp3) is 0.500. The first-order valence-corrected chi connectivity index (χ1v) is 6.44. The van der Waals surface area contributed by atoms with Gasteiger partial charge >= 0.3 is 0 Å². The summed E-state index contributed by atoms with van der Waals surface area (Å²) in [6, 6.07) is 4.52. The highest BCUT2D eigenvalue weighted by Crippen LogP contribution is 2.18. The van der Waals surface area contributed by atoms with Crippen LogP contribution in [0.25, 0.3) is 0 Å². The number of amides is 1. The molecule has 1 N–H and O–H groups in total. The van der Waals surface area contributed by atoms with Crippen LogP contribution in [0.2, 0.25) is 0 Å². The van der Waals surface area contributed by atoms with Crippen molar-refractivity contribution in [2.45, 2.75) is 13.0 Å². The van der Waals surface area contributed by atoms with E-state index in [1.807, 2.05) is 7.05 Å². The molecule has 4 nitrogen and oxygen atoms in total. The van der Waals surface area contributed by atoms with E-state index in [0.717, 1.165) is 18.8 Å². The van der Waals surface area contributed by atoms with Gasteiger partial charge in [0.05, 0.1) is 0 Å². The average Bonchev–Trinajstić information content (AvgIpc) is 2.40. The Hall–Kier alpha value is -1.46. The normalized spacial score (nSPS) is 20.3. The SMILES string of the molecule is Cc1cc(N(C)C(=O)C2CN(C)CCN2)ccc1F. The number of benzene rings is 1. The van der Waals surface area contributed by atoms with Crippen molar-refractivity contribution in [2.75, 3.05) is 38.6 Å². The number of rotatable bonds is 2. The first kappa shape index (κ1) is 14.0. The third kappa shape index (κ3) is 3.11. The largest absolute Gasteiger partial charge is 0.314 e. The van der Waals surface area contributed by atoms with Crippen LogP contribution in [0.15, 0.2) is 18.2 Å². The van der Waals surface area contributed by atoms with Gasteiger partial charge in [0, 0.05) is 32.4 Å². The van der Waals surface area contributed by atoms with E-state index in [1.165, 1.54) is 6.07 Å². The maximum absolute atomic E-state index is 13.2. The van der Waals surface area contributed by atoms with Crippen molar-refractivity contribution in [1.82, 2.24) is 10.2 Å². The highest BCUT2D eigenvalue weighted by atomic mass is 19.1. The van der Waals surface area contributed by atoms with Gasteiger partial charge in [0.15, 0.2) is 0 Å². The predicted molar refractivity (Wildman–Crippen MR) is 73.8 cm³/mol. The quantitative estimate of drug-likeness (QED) is 0.866. The molecule has 1 heterocycles. The number of carbonyl (C=O) groups is 1. The van der Waals surface area contributed by atoms with E-state index < -0.39 is 0 Å². The molecule has 5 heteroatoms. The third-order valence-corrected chi connectivity index (χ3v) is 3.54. The van der Waals surface area contributed by atoms with Crippen molar-refractivity contribution in [3.8, 4) is 0 Å². The monoisotopic (exact) mass is 265 g/mol. The maximum atomic E-state index is 13.2. The summed E-state index contributed by atoms with van der Waals surface area (Å²) in [6.07, 6.45) is 0. The zero-order chi connectivity index (χ0) is 14.0. The third-order valence-electron chi connectivity index (χ3n) is 3.54. The van der Waals surface area contributed by atoms with Gasteiger partial charge in [0.1, 0.15) is 11.9 Å². The summed E-state index contributed by atoms with van der Waals surface area (Å²) >= 11 is 0. The van der Waals surface area contributed by atoms with Gasteiger partial charge in [0.25, 0.3) is 0 Å². The first-order valence-electron chi connectivity index (χ1n) is 6.44. The lowest BCUT2D eigenvalue weighted by Gasteiger charge is -2.32. The number of nitrogens with zero attached hydrogens (tertiary/aromatic N) is 2. The number of halogens is 1. The van der Waals surface area contributed by atoms with Crippen molar-refractivity contribution in [3.05, 3.63) is 29.6 Å². The van der Waals surface area contributed by atoms with Crippen LogP contribution in [-0.4, -0.2) is 50.6 Å². The lowest BCUT2D eigenvalue weighted by Crippen LogP contribution is -2.56. The molecule has 0 aromatic heterocycles. The zero-order valence-corrected chi connectivity index (χ0v) is 11.6. The Morgan fingerprint density at radius 3 is 2.89 bits per heavy atom. The van der Waals surface area contributed by atoms with Crippen molar-refractivity contribution in [3.63, 3.8) is 0 Å². The molecule has 2 rings (SSSR count). The average molecular weight is 265 g/mol. The molecule has 1 aliphatic rings. The Bertz CT molecular complexity index is 478. The van der Waals surface area contributed by atoms with Crippen molar-refractivity contribution in [2.24, 2.45) is 0 Å². The summed E-state index contributed by atoms with van der Waals surface area (Å²) in [4.78, 5) is 16.1. The standard InChI is InChI=1S/C14H20FN3O/c1-10-8-11(4-5-12(10)15)18(3)14(19)13-9-17(2)7-6-16-13/h4-5,8,13,16H,6-7,9H2,1-3H3. The van der Waals surface area contributed by atoms with E-state index in [1.54, 1.807) is 31.0 Å². The molecule has 0 aliphatic carbocycles. The lowest BCUT2D eigenvalue weighted by molar-refractivity contribution is -0.121. The van der Waals surface area contributed by atoms with Crippen molar-refractivity contribution >= 4 is 11.6 Å². The molecular weight excluding hydrogens is 245 g/mol. The van der Waals surface area contributed by atoms with Crippen LogP contribution in [0.3, 0.4) is 0 Å². The number of nitrogens with one attached hydrogen (secondary N) is 1. The van der Waals surface area contributed by atoms with Gasteiger partial charge in [-0.15, -0.1) is 0 Å². The number of anilines is 1. The minimum Gasteiger partial charge on any atom is -0.314 e. The highest BCUT2D eigenvalue weighted by Gasteiger charge is 2.26. The number of carbonyl (C=O) groups excluding carboxylic acids is 1. The van der Waals surface area contributed by atoms with Gasteiger partial charge in [-0.3, -0.25) is 4.79 Å². The molecule has 1 aliphatic heterocycles. The Labute approximate surface area is 113 Å². The number of hydrogen-bond acceptors (Lipinski definition) is 3. The molecule has 1 aromatic rings. The molecule has 19 heavy (non-hydrogen) atoms. The second-order valence-corrected chi connectivity index (χ2v) is 5.10. The molecule has 1 fully saturated rings. The van der Waals surface area contributed by atoms with Crippen LogP contribution in [0.4, 0.5) is 10.1 Å². The van der Waals surface area contributed by atoms with Gasteiger partial charge < -0.3 is 15.1 Å². The minimum absolute atomic E-state index is 0.0116. The molecular formula is C14H20FN3O. The highest BCUT2D eigenvalue weighted by molar-refractivity contribution is 5.97. The van der Waals surface area contributed by atoms with Crippen LogP contribution in [0.1, 0.15) is 5.56 Å². The van der Waals surface area contributed by atoms with E-state index in [9.17, 15) is 9.18 Å². The molecule has 0 saturated carbocycles. The summed E-state index contributed by atoms with van der Waals surface area (Å²) < 4.78 is 13.2. The molecule has 1 atom stereocenters. The predicted octanol–water partition coefficient (Wildman–Crippen LogP) is 1.00. The van der Waals surface area contributed by atoms with E-state index in [-0.39, 0.29) is 17.8 Å². The molecule has 1 amide bonds. The van der Waals surface area contributed by atoms with E-state index in [2.05, 4.69) is 10.2 Å². The van der Waals surface area contributed by atoms with Gasteiger partial charge in [0.2, 0.25) is 5.91 Å². The second-order valence-electron chi connectivity index (χ2n) is 5.10. The smallest absolute Gasteiger partial charge is 0.245 e. The van der Waals surface area contributed by atoms with Gasteiger partial charge in [-0.2, -0.15) is 0 Å². The van der Waals surface area contributed by atoms with Crippen LogP contribution in [0, 0.1) is 12.7 Å². The van der Waals surface area contributed by atoms with Crippen molar-refractivity contribution in [1.29, 1.82) is 0 Å². The first-order chi connectivity index (χ1) is 8.99. The summed E-state index contributed by atoms with van der Waals surface area (Å²) in [5.74, 6) is -0.238. The summed E-state index contributed by atoms with van der Waals surface area (Å²) in [5.41, 5.74) is 1.27.